The summed E-state index contributed by atoms with van der Waals surface area (Å²) in [4.78, 5) is 13.1. The predicted octanol–water partition coefficient (Wildman–Crippen LogP) is 4.52. The molecule has 0 fully saturated rings. The molecule has 136 valence electrons. The number of aromatic nitrogens is 2. The third-order valence-electron chi connectivity index (χ3n) is 3.71. The molecule has 0 saturated heterocycles. The molecule has 0 N–H and O–H groups in total. The molecule has 27 heavy (non-hydrogen) atoms. The SMILES string of the molecule is CC(C)OC(=O)/C(C#N)=C\c1cn(Cc2ccccc2)nc1-c1cccs1. The van der Waals surface area contributed by atoms with Gasteiger partial charge in [-0.05, 0) is 36.9 Å². The summed E-state index contributed by atoms with van der Waals surface area (Å²) >= 11 is 1.56. The lowest BCUT2D eigenvalue weighted by atomic mass is 10.1. The quantitative estimate of drug-likeness (QED) is 0.360. The summed E-state index contributed by atoms with van der Waals surface area (Å²) < 4.78 is 6.97. The fraction of sp³-hybridized carbons (Fsp3) is 0.190. The fourth-order valence-corrected chi connectivity index (χ4v) is 3.30. The minimum Gasteiger partial charge on any atom is -0.459 e. The number of carbonyl (C=O) groups is 1. The number of ether oxygens (including phenoxy) is 1. The van der Waals surface area contributed by atoms with Crippen molar-refractivity contribution in [2.24, 2.45) is 0 Å². The van der Waals surface area contributed by atoms with E-state index in [0.717, 1.165) is 16.1 Å². The summed E-state index contributed by atoms with van der Waals surface area (Å²) in [7, 11) is 0. The number of rotatable bonds is 6. The third-order valence-corrected chi connectivity index (χ3v) is 4.59. The van der Waals surface area contributed by atoms with Gasteiger partial charge in [0.25, 0.3) is 0 Å². The van der Waals surface area contributed by atoms with Gasteiger partial charge in [-0.25, -0.2) is 4.79 Å². The van der Waals surface area contributed by atoms with Crippen LogP contribution in [0.3, 0.4) is 0 Å². The maximum Gasteiger partial charge on any atom is 0.349 e. The average Bonchev–Trinajstić information content (AvgIpc) is 3.29. The van der Waals surface area contributed by atoms with E-state index in [0.29, 0.717) is 12.1 Å². The maximum absolute atomic E-state index is 12.1. The largest absolute Gasteiger partial charge is 0.459 e. The van der Waals surface area contributed by atoms with Crippen LogP contribution in [-0.2, 0) is 16.1 Å². The van der Waals surface area contributed by atoms with Crippen molar-refractivity contribution in [3.8, 4) is 16.6 Å². The number of esters is 1. The first kappa shape index (κ1) is 18.6. The molecule has 0 bridgehead atoms. The van der Waals surface area contributed by atoms with Crippen molar-refractivity contribution in [1.82, 2.24) is 9.78 Å². The monoisotopic (exact) mass is 377 g/mol. The summed E-state index contributed by atoms with van der Waals surface area (Å²) in [5.41, 5.74) is 2.53. The van der Waals surface area contributed by atoms with Crippen molar-refractivity contribution >= 4 is 23.4 Å². The van der Waals surface area contributed by atoms with E-state index in [1.54, 1.807) is 31.3 Å². The zero-order chi connectivity index (χ0) is 19.2. The van der Waals surface area contributed by atoms with E-state index < -0.39 is 5.97 Å². The van der Waals surface area contributed by atoms with Crippen LogP contribution < -0.4 is 0 Å². The second-order valence-corrected chi connectivity index (χ2v) is 7.17. The van der Waals surface area contributed by atoms with Crippen molar-refractivity contribution in [2.45, 2.75) is 26.5 Å². The standard InChI is InChI=1S/C21H19N3O2S/c1-15(2)26-21(25)17(12-22)11-18-14-24(13-16-7-4-3-5-8-16)23-20(18)19-9-6-10-27-19/h3-11,14-15H,13H2,1-2H3/b17-11-. The molecule has 2 aromatic heterocycles. The molecule has 0 saturated carbocycles. The fourth-order valence-electron chi connectivity index (χ4n) is 2.57. The van der Waals surface area contributed by atoms with E-state index in [4.69, 9.17) is 4.74 Å². The molecular weight excluding hydrogens is 358 g/mol. The first-order chi connectivity index (χ1) is 13.1. The molecule has 3 rings (SSSR count). The van der Waals surface area contributed by atoms with Gasteiger partial charge in [-0.3, -0.25) is 4.68 Å². The number of hydrogen-bond donors (Lipinski definition) is 0. The van der Waals surface area contributed by atoms with Crippen molar-refractivity contribution < 1.29 is 9.53 Å². The van der Waals surface area contributed by atoms with E-state index in [1.807, 2.05) is 64.8 Å². The van der Waals surface area contributed by atoms with Gasteiger partial charge in [-0.15, -0.1) is 11.3 Å². The average molecular weight is 377 g/mol. The van der Waals surface area contributed by atoms with Crippen molar-refractivity contribution in [1.29, 1.82) is 5.26 Å². The highest BCUT2D eigenvalue weighted by molar-refractivity contribution is 7.13. The Hall–Kier alpha value is -3.17. The number of nitriles is 1. The molecule has 0 aliphatic heterocycles. The lowest BCUT2D eigenvalue weighted by Gasteiger charge is -2.06. The minimum atomic E-state index is -0.625. The molecule has 5 nitrogen and oxygen atoms in total. The Morgan fingerprint density at radius 3 is 2.70 bits per heavy atom. The van der Waals surface area contributed by atoms with Crippen LogP contribution >= 0.6 is 11.3 Å². The zero-order valence-corrected chi connectivity index (χ0v) is 15.9. The van der Waals surface area contributed by atoms with Gasteiger partial charge in [0.1, 0.15) is 17.3 Å². The van der Waals surface area contributed by atoms with E-state index >= 15 is 0 Å². The molecule has 0 atom stereocenters. The number of hydrogen-bond acceptors (Lipinski definition) is 5. The highest BCUT2D eigenvalue weighted by Gasteiger charge is 2.16. The number of thiophene rings is 1. The lowest BCUT2D eigenvalue weighted by Crippen LogP contribution is -2.12. The van der Waals surface area contributed by atoms with Crippen molar-refractivity contribution in [3.05, 3.63) is 70.7 Å². The van der Waals surface area contributed by atoms with Crippen LogP contribution in [0.5, 0.6) is 0 Å². The Kier molecular flexibility index (Phi) is 5.84. The number of nitrogens with zero attached hydrogens (tertiary/aromatic N) is 3. The van der Waals surface area contributed by atoms with Gasteiger partial charge in [-0.1, -0.05) is 36.4 Å². The molecule has 0 aliphatic rings. The molecule has 6 heteroatoms. The normalized spacial score (nSPS) is 11.4. The zero-order valence-electron chi connectivity index (χ0n) is 15.1. The van der Waals surface area contributed by atoms with Crippen molar-refractivity contribution in [3.63, 3.8) is 0 Å². The number of benzene rings is 1. The molecule has 0 aliphatic carbocycles. The number of carbonyl (C=O) groups excluding carboxylic acids is 1. The molecular formula is C21H19N3O2S. The molecule has 0 radical (unpaired) electrons. The highest BCUT2D eigenvalue weighted by Crippen LogP contribution is 2.28. The Bertz CT molecular complexity index is 980. The smallest absolute Gasteiger partial charge is 0.349 e. The summed E-state index contributed by atoms with van der Waals surface area (Å²) in [6.45, 7) is 4.11. The second kappa shape index (κ2) is 8.47. The topological polar surface area (TPSA) is 67.9 Å². The van der Waals surface area contributed by atoms with Gasteiger partial charge in [-0.2, -0.15) is 10.4 Å². The van der Waals surface area contributed by atoms with Crippen LogP contribution in [0.2, 0.25) is 0 Å². The van der Waals surface area contributed by atoms with Gasteiger partial charge in [0.15, 0.2) is 0 Å². The van der Waals surface area contributed by atoms with Crippen LogP contribution in [0, 0.1) is 11.3 Å². The van der Waals surface area contributed by atoms with Gasteiger partial charge in [0.2, 0.25) is 0 Å². The van der Waals surface area contributed by atoms with E-state index in [-0.39, 0.29) is 11.7 Å². The van der Waals surface area contributed by atoms with Gasteiger partial charge in [0.05, 0.1) is 17.5 Å². The summed E-state index contributed by atoms with van der Waals surface area (Å²) in [6.07, 6.45) is 3.11. The molecule has 0 amide bonds. The Labute approximate surface area is 162 Å². The second-order valence-electron chi connectivity index (χ2n) is 6.22. The Morgan fingerprint density at radius 1 is 1.30 bits per heavy atom. The van der Waals surface area contributed by atoms with Gasteiger partial charge in [0, 0.05) is 11.8 Å². The van der Waals surface area contributed by atoms with Gasteiger partial charge < -0.3 is 4.74 Å². The van der Waals surface area contributed by atoms with E-state index in [2.05, 4.69) is 5.10 Å². The van der Waals surface area contributed by atoms with E-state index in [1.165, 1.54) is 0 Å². The lowest BCUT2D eigenvalue weighted by molar-refractivity contribution is -0.142. The summed E-state index contributed by atoms with van der Waals surface area (Å²) in [5, 5.41) is 16.0. The van der Waals surface area contributed by atoms with Crippen LogP contribution in [0.4, 0.5) is 0 Å². The van der Waals surface area contributed by atoms with Crippen molar-refractivity contribution in [2.75, 3.05) is 0 Å². The molecule has 3 aromatic rings. The molecule has 2 heterocycles. The van der Waals surface area contributed by atoms with E-state index in [9.17, 15) is 10.1 Å². The molecule has 1 aromatic carbocycles. The predicted molar refractivity (Wildman–Crippen MR) is 106 cm³/mol. The Morgan fingerprint density at radius 2 is 2.07 bits per heavy atom. The van der Waals surface area contributed by atoms with Crippen LogP contribution in [0.25, 0.3) is 16.6 Å². The molecule has 0 unspecified atom stereocenters. The van der Waals surface area contributed by atoms with Crippen LogP contribution in [-0.4, -0.2) is 21.9 Å². The first-order valence-corrected chi connectivity index (χ1v) is 9.43. The van der Waals surface area contributed by atoms with Gasteiger partial charge >= 0.3 is 5.97 Å². The minimum absolute atomic E-state index is 0.0410. The third kappa shape index (κ3) is 4.72. The Balaban J connectivity index is 1.99. The maximum atomic E-state index is 12.1. The first-order valence-electron chi connectivity index (χ1n) is 8.55. The summed E-state index contributed by atoms with van der Waals surface area (Å²) in [6, 6.07) is 15.8. The molecule has 0 spiro atoms. The van der Waals surface area contributed by atoms with Crippen LogP contribution in [0.1, 0.15) is 25.0 Å². The van der Waals surface area contributed by atoms with Crippen LogP contribution in [0.15, 0.2) is 59.6 Å². The summed E-state index contributed by atoms with van der Waals surface area (Å²) in [5.74, 6) is -0.625. The highest BCUT2D eigenvalue weighted by atomic mass is 32.1.